The third kappa shape index (κ3) is 1.69. The maximum atomic E-state index is 5.79. The van der Waals surface area contributed by atoms with Gasteiger partial charge in [0, 0.05) is 12.6 Å². The fourth-order valence-corrected chi connectivity index (χ4v) is 1.19. The van der Waals surface area contributed by atoms with Gasteiger partial charge in [0.2, 0.25) is 0 Å². The van der Waals surface area contributed by atoms with Gasteiger partial charge in [-0.25, -0.2) is 0 Å². The lowest BCUT2D eigenvalue weighted by Crippen LogP contribution is -2.21. The first kappa shape index (κ1) is 9.32. The number of benzene rings is 1. The van der Waals surface area contributed by atoms with E-state index in [0.717, 1.165) is 5.56 Å². The zero-order chi connectivity index (χ0) is 9.14. The first-order valence-corrected chi connectivity index (χ1v) is 4.04. The van der Waals surface area contributed by atoms with Gasteiger partial charge in [-0.1, -0.05) is 23.7 Å². The second kappa shape index (κ2) is 3.76. The minimum atomic E-state index is -0.233. The van der Waals surface area contributed by atoms with Gasteiger partial charge in [-0.3, -0.25) is 0 Å². The summed E-state index contributed by atoms with van der Waals surface area (Å²) in [5, 5.41) is 0.524. The summed E-state index contributed by atoms with van der Waals surface area (Å²) in [7, 11) is 0. The molecule has 66 valence electrons. The molecule has 4 heteroatoms. The van der Waals surface area contributed by atoms with Gasteiger partial charge in [0.05, 0.1) is 10.7 Å². The van der Waals surface area contributed by atoms with Crippen molar-refractivity contribution < 1.29 is 0 Å². The monoisotopic (exact) mass is 185 g/mol. The van der Waals surface area contributed by atoms with Crippen molar-refractivity contribution in [2.24, 2.45) is 11.5 Å². The standard InChI is InChI=1S/C8H12ClN3/c9-6-3-1-2-5(8(6)12)7(11)4-10/h1-3,7H,4,10-12H2/t7-/m0/s1. The molecule has 1 atom stereocenters. The number of hydrogen-bond donors (Lipinski definition) is 3. The Morgan fingerprint density at radius 1 is 1.42 bits per heavy atom. The molecule has 6 N–H and O–H groups in total. The van der Waals surface area contributed by atoms with Gasteiger partial charge in [-0.05, 0) is 11.6 Å². The molecule has 0 aliphatic rings. The number of nitrogen functional groups attached to an aromatic ring is 1. The molecular formula is C8H12ClN3. The van der Waals surface area contributed by atoms with Gasteiger partial charge in [-0.15, -0.1) is 0 Å². The lowest BCUT2D eigenvalue weighted by atomic mass is 10.1. The predicted molar refractivity (Wildman–Crippen MR) is 51.8 cm³/mol. The molecule has 0 saturated heterocycles. The van der Waals surface area contributed by atoms with Crippen molar-refractivity contribution in [1.82, 2.24) is 0 Å². The Morgan fingerprint density at radius 3 is 2.67 bits per heavy atom. The van der Waals surface area contributed by atoms with E-state index in [9.17, 15) is 0 Å². The molecule has 0 radical (unpaired) electrons. The molecule has 0 aromatic heterocycles. The highest BCUT2D eigenvalue weighted by Crippen LogP contribution is 2.25. The average Bonchev–Trinajstić information content (AvgIpc) is 2.08. The zero-order valence-corrected chi connectivity index (χ0v) is 7.38. The van der Waals surface area contributed by atoms with Gasteiger partial charge < -0.3 is 17.2 Å². The lowest BCUT2D eigenvalue weighted by molar-refractivity contribution is 0.739. The van der Waals surface area contributed by atoms with Crippen molar-refractivity contribution in [2.45, 2.75) is 6.04 Å². The fraction of sp³-hybridized carbons (Fsp3) is 0.250. The maximum Gasteiger partial charge on any atom is 0.0638 e. The molecule has 0 unspecified atom stereocenters. The van der Waals surface area contributed by atoms with E-state index in [2.05, 4.69) is 0 Å². The number of hydrogen-bond acceptors (Lipinski definition) is 3. The summed E-state index contributed by atoms with van der Waals surface area (Å²) < 4.78 is 0. The number of para-hydroxylation sites is 1. The van der Waals surface area contributed by atoms with Crippen molar-refractivity contribution in [2.75, 3.05) is 12.3 Å². The van der Waals surface area contributed by atoms with E-state index in [0.29, 0.717) is 17.3 Å². The van der Waals surface area contributed by atoms with Gasteiger partial charge in [0.15, 0.2) is 0 Å². The Labute approximate surface area is 76.5 Å². The van der Waals surface area contributed by atoms with E-state index in [1.54, 1.807) is 6.07 Å². The minimum Gasteiger partial charge on any atom is -0.397 e. The molecule has 12 heavy (non-hydrogen) atoms. The van der Waals surface area contributed by atoms with Crippen LogP contribution in [0.2, 0.25) is 5.02 Å². The van der Waals surface area contributed by atoms with Crippen LogP contribution in [0.15, 0.2) is 18.2 Å². The third-order valence-corrected chi connectivity index (χ3v) is 2.07. The van der Waals surface area contributed by atoms with E-state index >= 15 is 0 Å². The highest BCUT2D eigenvalue weighted by molar-refractivity contribution is 6.33. The smallest absolute Gasteiger partial charge is 0.0638 e. The Balaban J connectivity index is 3.07. The van der Waals surface area contributed by atoms with Gasteiger partial charge in [0.25, 0.3) is 0 Å². The molecule has 0 saturated carbocycles. The molecule has 3 nitrogen and oxygen atoms in total. The Morgan fingerprint density at radius 2 is 2.08 bits per heavy atom. The van der Waals surface area contributed by atoms with Crippen LogP contribution < -0.4 is 17.2 Å². The summed E-state index contributed by atoms with van der Waals surface area (Å²) in [6, 6.07) is 5.13. The van der Waals surface area contributed by atoms with Gasteiger partial charge in [0.1, 0.15) is 0 Å². The maximum absolute atomic E-state index is 5.79. The fourth-order valence-electron chi connectivity index (χ4n) is 1.00. The van der Waals surface area contributed by atoms with Crippen molar-refractivity contribution in [3.63, 3.8) is 0 Å². The number of halogens is 1. The molecule has 1 aromatic rings. The third-order valence-electron chi connectivity index (χ3n) is 1.74. The summed E-state index contributed by atoms with van der Waals surface area (Å²) >= 11 is 5.79. The molecule has 0 heterocycles. The summed E-state index contributed by atoms with van der Waals surface area (Å²) in [5.74, 6) is 0. The second-order valence-corrected chi connectivity index (χ2v) is 2.99. The van der Waals surface area contributed by atoms with Crippen LogP contribution in [0.25, 0.3) is 0 Å². The van der Waals surface area contributed by atoms with E-state index in [4.69, 9.17) is 28.8 Å². The topological polar surface area (TPSA) is 78.1 Å². The molecule has 1 rings (SSSR count). The van der Waals surface area contributed by atoms with E-state index in [-0.39, 0.29) is 6.04 Å². The van der Waals surface area contributed by atoms with Gasteiger partial charge >= 0.3 is 0 Å². The van der Waals surface area contributed by atoms with Crippen LogP contribution in [0.4, 0.5) is 5.69 Å². The van der Waals surface area contributed by atoms with E-state index in [1.165, 1.54) is 0 Å². The summed E-state index contributed by atoms with van der Waals surface area (Å²) in [6.07, 6.45) is 0. The highest BCUT2D eigenvalue weighted by Gasteiger charge is 2.08. The van der Waals surface area contributed by atoms with Crippen LogP contribution in [0.1, 0.15) is 11.6 Å². The largest absolute Gasteiger partial charge is 0.397 e. The van der Waals surface area contributed by atoms with Crippen LogP contribution in [0.3, 0.4) is 0 Å². The molecule has 0 spiro atoms. The molecular weight excluding hydrogens is 174 g/mol. The first-order chi connectivity index (χ1) is 5.66. The molecule has 0 bridgehead atoms. The summed E-state index contributed by atoms with van der Waals surface area (Å²) in [6.45, 7) is 0.366. The Kier molecular flexibility index (Phi) is 2.92. The van der Waals surface area contributed by atoms with Crippen molar-refractivity contribution in [3.05, 3.63) is 28.8 Å². The van der Waals surface area contributed by atoms with Crippen LogP contribution in [-0.4, -0.2) is 6.54 Å². The van der Waals surface area contributed by atoms with Crippen molar-refractivity contribution in [1.29, 1.82) is 0 Å². The average molecular weight is 186 g/mol. The number of anilines is 1. The van der Waals surface area contributed by atoms with Crippen LogP contribution in [0, 0.1) is 0 Å². The second-order valence-electron chi connectivity index (χ2n) is 2.58. The summed E-state index contributed by atoms with van der Waals surface area (Å²) in [5.41, 5.74) is 18.1. The van der Waals surface area contributed by atoms with Crippen molar-refractivity contribution in [3.8, 4) is 0 Å². The Hall–Kier alpha value is -0.770. The predicted octanol–water partition coefficient (Wildman–Crippen LogP) is 0.881. The SMILES string of the molecule is NC[C@H](N)c1cccc(Cl)c1N. The zero-order valence-electron chi connectivity index (χ0n) is 6.63. The molecule has 0 aliphatic carbocycles. The van der Waals surface area contributed by atoms with Gasteiger partial charge in [-0.2, -0.15) is 0 Å². The van der Waals surface area contributed by atoms with E-state index in [1.807, 2.05) is 12.1 Å². The van der Waals surface area contributed by atoms with Crippen LogP contribution in [0.5, 0.6) is 0 Å². The molecule has 0 amide bonds. The summed E-state index contributed by atoms with van der Waals surface area (Å²) in [4.78, 5) is 0. The van der Waals surface area contributed by atoms with Crippen LogP contribution >= 0.6 is 11.6 Å². The lowest BCUT2D eigenvalue weighted by Gasteiger charge is -2.12. The minimum absolute atomic E-state index is 0.233. The first-order valence-electron chi connectivity index (χ1n) is 3.66. The highest BCUT2D eigenvalue weighted by atomic mass is 35.5. The molecule has 1 aromatic carbocycles. The number of rotatable bonds is 2. The van der Waals surface area contributed by atoms with Crippen molar-refractivity contribution >= 4 is 17.3 Å². The molecule has 0 aliphatic heterocycles. The molecule has 0 fully saturated rings. The number of nitrogens with two attached hydrogens (primary N) is 3. The normalized spacial score (nSPS) is 12.9. The Bertz CT molecular complexity index is 275. The van der Waals surface area contributed by atoms with E-state index < -0.39 is 0 Å². The quantitative estimate of drug-likeness (QED) is 0.599. The van der Waals surface area contributed by atoms with Crippen LogP contribution in [-0.2, 0) is 0 Å².